The largest absolute Gasteiger partial charge is 0.497 e. The third-order valence-electron chi connectivity index (χ3n) is 2.56. The van der Waals surface area contributed by atoms with E-state index in [9.17, 15) is 4.79 Å². The first-order valence-corrected chi connectivity index (χ1v) is 5.29. The highest BCUT2D eigenvalue weighted by atomic mass is 16.5. The molecule has 1 aromatic heterocycles. The van der Waals surface area contributed by atoms with Crippen molar-refractivity contribution in [2.24, 2.45) is 0 Å². The van der Waals surface area contributed by atoms with Gasteiger partial charge in [0, 0.05) is 30.5 Å². The number of Topliss-reactive ketones (excluding diaryl/α,β-unsaturated/α-hetero) is 1. The summed E-state index contributed by atoms with van der Waals surface area (Å²) in [6, 6.07) is 5.55. The van der Waals surface area contributed by atoms with E-state index in [1.165, 1.54) is 7.11 Å². The van der Waals surface area contributed by atoms with E-state index in [1.54, 1.807) is 19.4 Å². The van der Waals surface area contributed by atoms with Crippen molar-refractivity contribution in [3.8, 4) is 5.75 Å². The van der Waals surface area contributed by atoms with Gasteiger partial charge in [-0.1, -0.05) is 0 Å². The van der Waals surface area contributed by atoms with Crippen LogP contribution in [0.3, 0.4) is 0 Å². The van der Waals surface area contributed by atoms with Gasteiger partial charge in [0.15, 0.2) is 5.78 Å². The van der Waals surface area contributed by atoms with Crippen molar-refractivity contribution < 1.29 is 18.7 Å². The Labute approximate surface area is 99.1 Å². The van der Waals surface area contributed by atoms with Crippen LogP contribution in [0.5, 0.6) is 5.75 Å². The van der Waals surface area contributed by atoms with Gasteiger partial charge in [0.25, 0.3) is 0 Å². The first-order chi connectivity index (χ1) is 8.24. The highest BCUT2D eigenvalue weighted by Gasteiger charge is 2.10. The average molecular weight is 234 g/mol. The Morgan fingerprint density at radius 2 is 2.18 bits per heavy atom. The third kappa shape index (κ3) is 2.47. The quantitative estimate of drug-likeness (QED) is 0.795. The molecule has 0 saturated carbocycles. The van der Waals surface area contributed by atoms with Crippen molar-refractivity contribution in [3.63, 3.8) is 0 Å². The van der Waals surface area contributed by atoms with Gasteiger partial charge in [-0.05, 0) is 12.1 Å². The van der Waals surface area contributed by atoms with Gasteiger partial charge in [-0.25, -0.2) is 0 Å². The summed E-state index contributed by atoms with van der Waals surface area (Å²) < 4.78 is 15.3. The number of fused-ring (bicyclic) bond motifs is 1. The Morgan fingerprint density at radius 1 is 1.35 bits per heavy atom. The summed E-state index contributed by atoms with van der Waals surface area (Å²) in [5.41, 5.74) is 1.61. The number of carbonyl (C=O) groups excluding carboxylic acids is 1. The van der Waals surface area contributed by atoms with Crippen LogP contribution in [0.4, 0.5) is 0 Å². The molecule has 90 valence electrons. The molecule has 0 bridgehead atoms. The number of benzene rings is 1. The molecule has 0 spiro atoms. The molecule has 0 aliphatic heterocycles. The number of hydrogen-bond acceptors (Lipinski definition) is 4. The zero-order chi connectivity index (χ0) is 12.3. The molecule has 0 saturated heterocycles. The van der Waals surface area contributed by atoms with Gasteiger partial charge in [-0.3, -0.25) is 4.79 Å². The first kappa shape index (κ1) is 11.7. The van der Waals surface area contributed by atoms with Crippen molar-refractivity contribution in [2.45, 2.75) is 6.42 Å². The fraction of sp³-hybridized carbons (Fsp3) is 0.308. The lowest BCUT2D eigenvalue weighted by Crippen LogP contribution is -2.09. The lowest BCUT2D eigenvalue weighted by Gasteiger charge is -1.99. The second-order valence-electron chi connectivity index (χ2n) is 3.77. The smallest absolute Gasteiger partial charge is 0.162 e. The van der Waals surface area contributed by atoms with Crippen molar-refractivity contribution >= 4 is 16.8 Å². The standard InChI is InChI=1S/C13H14O4/c1-15-8-10(14)5-9-7-17-13-6-11(16-2)3-4-12(9)13/h3-4,6-7H,5,8H2,1-2H3. The predicted molar refractivity (Wildman–Crippen MR) is 63.4 cm³/mol. The molecule has 17 heavy (non-hydrogen) atoms. The van der Waals surface area contributed by atoms with E-state index < -0.39 is 0 Å². The maximum Gasteiger partial charge on any atom is 0.162 e. The number of carbonyl (C=O) groups is 1. The van der Waals surface area contributed by atoms with Crippen LogP contribution in [0.2, 0.25) is 0 Å². The number of methoxy groups -OCH3 is 2. The van der Waals surface area contributed by atoms with E-state index in [1.807, 2.05) is 12.1 Å². The topological polar surface area (TPSA) is 48.7 Å². The molecule has 0 fully saturated rings. The van der Waals surface area contributed by atoms with E-state index in [0.29, 0.717) is 6.42 Å². The fourth-order valence-electron chi connectivity index (χ4n) is 1.75. The molecular formula is C13H14O4. The maximum atomic E-state index is 11.5. The number of ether oxygens (including phenoxy) is 2. The first-order valence-electron chi connectivity index (χ1n) is 5.29. The molecule has 1 heterocycles. The number of furan rings is 1. The summed E-state index contributed by atoms with van der Waals surface area (Å²) in [5.74, 6) is 0.771. The minimum absolute atomic E-state index is 0.0334. The fourth-order valence-corrected chi connectivity index (χ4v) is 1.75. The van der Waals surface area contributed by atoms with Crippen LogP contribution >= 0.6 is 0 Å². The van der Waals surface area contributed by atoms with E-state index in [4.69, 9.17) is 13.9 Å². The normalized spacial score (nSPS) is 10.7. The van der Waals surface area contributed by atoms with Crippen LogP contribution in [-0.2, 0) is 16.0 Å². The van der Waals surface area contributed by atoms with Gasteiger partial charge in [0.1, 0.15) is 17.9 Å². The average Bonchev–Trinajstić information content (AvgIpc) is 2.72. The van der Waals surface area contributed by atoms with E-state index in [-0.39, 0.29) is 12.4 Å². The minimum atomic E-state index is 0.0334. The molecule has 0 aliphatic rings. The Hall–Kier alpha value is -1.81. The number of rotatable bonds is 5. The van der Waals surface area contributed by atoms with Gasteiger partial charge in [0.2, 0.25) is 0 Å². The van der Waals surface area contributed by atoms with Crippen molar-refractivity contribution in [2.75, 3.05) is 20.8 Å². The summed E-state index contributed by atoms with van der Waals surface area (Å²) in [6.07, 6.45) is 1.94. The Bertz CT molecular complexity index is 527. The van der Waals surface area contributed by atoms with Crippen molar-refractivity contribution in [1.82, 2.24) is 0 Å². The summed E-state index contributed by atoms with van der Waals surface area (Å²) in [4.78, 5) is 11.5. The predicted octanol–water partition coefficient (Wildman–Crippen LogP) is 2.20. The van der Waals surface area contributed by atoms with E-state index >= 15 is 0 Å². The molecule has 4 heteroatoms. The highest BCUT2D eigenvalue weighted by molar-refractivity contribution is 5.89. The third-order valence-corrected chi connectivity index (χ3v) is 2.56. The molecular weight excluding hydrogens is 220 g/mol. The van der Waals surface area contributed by atoms with Crippen LogP contribution in [0, 0.1) is 0 Å². The van der Waals surface area contributed by atoms with Crippen LogP contribution in [0.25, 0.3) is 11.0 Å². The molecule has 0 aliphatic carbocycles. The lowest BCUT2D eigenvalue weighted by molar-refractivity contribution is -0.121. The van der Waals surface area contributed by atoms with Gasteiger partial charge in [-0.2, -0.15) is 0 Å². The van der Waals surface area contributed by atoms with Gasteiger partial charge in [0.05, 0.1) is 13.4 Å². The van der Waals surface area contributed by atoms with Crippen molar-refractivity contribution in [3.05, 3.63) is 30.0 Å². The molecule has 2 rings (SSSR count). The maximum absolute atomic E-state index is 11.5. The van der Waals surface area contributed by atoms with Crippen LogP contribution in [-0.4, -0.2) is 26.6 Å². The SMILES string of the molecule is COCC(=O)Cc1coc2cc(OC)ccc12. The highest BCUT2D eigenvalue weighted by Crippen LogP contribution is 2.25. The number of ketones is 1. The van der Waals surface area contributed by atoms with Crippen LogP contribution < -0.4 is 4.74 Å². The summed E-state index contributed by atoms with van der Waals surface area (Å²) in [6.45, 7) is 0.128. The molecule has 0 unspecified atom stereocenters. The second kappa shape index (κ2) is 5.01. The van der Waals surface area contributed by atoms with Gasteiger partial charge >= 0.3 is 0 Å². The summed E-state index contributed by atoms with van der Waals surface area (Å²) in [7, 11) is 3.11. The molecule has 2 aromatic rings. The monoisotopic (exact) mass is 234 g/mol. The summed E-state index contributed by atoms with van der Waals surface area (Å²) in [5, 5.41) is 0.940. The summed E-state index contributed by atoms with van der Waals surface area (Å²) >= 11 is 0. The molecule has 1 aromatic carbocycles. The Morgan fingerprint density at radius 3 is 2.88 bits per heavy atom. The second-order valence-corrected chi connectivity index (χ2v) is 3.77. The van der Waals surface area contributed by atoms with Gasteiger partial charge in [-0.15, -0.1) is 0 Å². The van der Waals surface area contributed by atoms with Gasteiger partial charge < -0.3 is 13.9 Å². The van der Waals surface area contributed by atoms with E-state index in [2.05, 4.69) is 0 Å². The minimum Gasteiger partial charge on any atom is -0.497 e. The van der Waals surface area contributed by atoms with Crippen molar-refractivity contribution in [1.29, 1.82) is 0 Å². The molecule has 4 nitrogen and oxygen atoms in total. The molecule has 0 N–H and O–H groups in total. The zero-order valence-corrected chi connectivity index (χ0v) is 9.86. The molecule has 0 amide bonds. The zero-order valence-electron chi connectivity index (χ0n) is 9.86. The number of hydrogen-bond donors (Lipinski definition) is 0. The Balaban J connectivity index is 2.27. The molecule has 0 atom stereocenters. The van der Waals surface area contributed by atoms with E-state index in [0.717, 1.165) is 22.3 Å². The van der Waals surface area contributed by atoms with Crippen LogP contribution in [0.15, 0.2) is 28.9 Å². The molecule has 0 radical (unpaired) electrons. The Kier molecular flexibility index (Phi) is 3.44. The lowest BCUT2D eigenvalue weighted by atomic mass is 10.1. The van der Waals surface area contributed by atoms with Crippen LogP contribution in [0.1, 0.15) is 5.56 Å².